The molecule has 6 heteroatoms. The van der Waals surface area contributed by atoms with Gasteiger partial charge in [0, 0.05) is 30.1 Å². The SMILES string of the molecule is CS(=O)(=O)c1ccc(N2CCC(O)(c3ccc(Cl)cc3)CC2)cc1. The zero-order chi connectivity index (χ0) is 17.4. The minimum absolute atomic E-state index is 0.320. The standard InChI is InChI=1S/C18H20ClNO3S/c1-24(22,23)17-8-6-16(7-9-17)20-12-10-18(21,11-13-20)14-2-4-15(19)5-3-14/h2-9,21H,10-13H2,1H3. The van der Waals surface area contributed by atoms with Crippen LogP contribution in [0.2, 0.25) is 5.02 Å². The van der Waals surface area contributed by atoms with Crippen LogP contribution in [-0.4, -0.2) is 32.9 Å². The lowest BCUT2D eigenvalue weighted by molar-refractivity contribution is 0.0118. The van der Waals surface area contributed by atoms with Crippen LogP contribution in [0.4, 0.5) is 5.69 Å². The summed E-state index contributed by atoms with van der Waals surface area (Å²) in [6.07, 6.45) is 2.43. The van der Waals surface area contributed by atoms with Crippen LogP contribution < -0.4 is 4.90 Å². The van der Waals surface area contributed by atoms with Crippen molar-refractivity contribution in [2.75, 3.05) is 24.2 Å². The Morgan fingerprint density at radius 1 is 1.00 bits per heavy atom. The molecular formula is C18H20ClNO3S. The van der Waals surface area contributed by atoms with Crippen molar-refractivity contribution in [2.24, 2.45) is 0 Å². The lowest BCUT2D eigenvalue weighted by Crippen LogP contribution is -2.42. The van der Waals surface area contributed by atoms with E-state index in [2.05, 4.69) is 4.90 Å². The zero-order valence-electron chi connectivity index (χ0n) is 13.4. The van der Waals surface area contributed by atoms with Crippen LogP contribution in [0.1, 0.15) is 18.4 Å². The van der Waals surface area contributed by atoms with Crippen LogP contribution in [0, 0.1) is 0 Å². The third-order valence-corrected chi connectivity index (χ3v) is 5.98. The molecule has 1 aliphatic rings. The predicted molar refractivity (Wildman–Crippen MR) is 96.3 cm³/mol. The number of anilines is 1. The van der Waals surface area contributed by atoms with E-state index in [1.54, 1.807) is 24.3 Å². The molecule has 0 bridgehead atoms. The average Bonchev–Trinajstić information content (AvgIpc) is 2.55. The maximum atomic E-state index is 11.5. The first-order valence-electron chi connectivity index (χ1n) is 7.81. The second kappa shape index (κ2) is 6.39. The van der Waals surface area contributed by atoms with Crippen molar-refractivity contribution < 1.29 is 13.5 Å². The van der Waals surface area contributed by atoms with Gasteiger partial charge < -0.3 is 10.0 Å². The van der Waals surface area contributed by atoms with Gasteiger partial charge in [-0.1, -0.05) is 23.7 Å². The molecule has 1 aliphatic heterocycles. The average molecular weight is 366 g/mol. The van der Waals surface area contributed by atoms with E-state index in [1.165, 1.54) is 6.26 Å². The number of aliphatic hydroxyl groups is 1. The molecule has 24 heavy (non-hydrogen) atoms. The van der Waals surface area contributed by atoms with Gasteiger partial charge in [-0.3, -0.25) is 0 Å². The summed E-state index contributed by atoms with van der Waals surface area (Å²) < 4.78 is 23.1. The van der Waals surface area contributed by atoms with E-state index in [4.69, 9.17) is 11.6 Å². The largest absolute Gasteiger partial charge is 0.385 e. The lowest BCUT2D eigenvalue weighted by Gasteiger charge is -2.39. The normalized spacial score (nSPS) is 17.7. The lowest BCUT2D eigenvalue weighted by atomic mass is 9.84. The third-order valence-electron chi connectivity index (χ3n) is 4.60. The number of rotatable bonds is 3. The van der Waals surface area contributed by atoms with E-state index in [9.17, 15) is 13.5 Å². The molecule has 0 saturated carbocycles. The van der Waals surface area contributed by atoms with E-state index < -0.39 is 15.4 Å². The molecule has 0 atom stereocenters. The first-order valence-corrected chi connectivity index (χ1v) is 10.1. The fourth-order valence-electron chi connectivity index (χ4n) is 3.09. The van der Waals surface area contributed by atoms with Crippen molar-refractivity contribution in [1.29, 1.82) is 0 Å². The number of hydrogen-bond donors (Lipinski definition) is 1. The molecule has 2 aromatic carbocycles. The van der Waals surface area contributed by atoms with E-state index in [1.807, 2.05) is 24.3 Å². The van der Waals surface area contributed by atoms with Crippen molar-refractivity contribution in [3.05, 3.63) is 59.1 Å². The van der Waals surface area contributed by atoms with Gasteiger partial charge in [0.1, 0.15) is 0 Å². The van der Waals surface area contributed by atoms with Crippen LogP contribution in [0.5, 0.6) is 0 Å². The topological polar surface area (TPSA) is 57.6 Å². The van der Waals surface area contributed by atoms with Crippen molar-refractivity contribution in [2.45, 2.75) is 23.3 Å². The Morgan fingerprint density at radius 2 is 1.54 bits per heavy atom. The van der Waals surface area contributed by atoms with Crippen molar-refractivity contribution in [1.82, 2.24) is 0 Å². The van der Waals surface area contributed by atoms with Crippen LogP contribution in [0.15, 0.2) is 53.4 Å². The zero-order valence-corrected chi connectivity index (χ0v) is 15.0. The van der Waals surface area contributed by atoms with E-state index >= 15 is 0 Å². The molecule has 0 amide bonds. The number of halogens is 1. The van der Waals surface area contributed by atoms with Crippen molar-refractivity contribution in [3.63, 3.8) is 0 Å². The number of sulfone groups is 1. The summed E-state index contributed by atoms with van der Waals surface area (Å²) in [4.78, 5) is 2.48. The molecule has 1 saturated heterocycles. The predicted octanol–water partition coefficient (Wildman–Crippen LogP) is 3.23. The van der Waals surface area contributed by atoms with Gasteiger partial charge >= 0.3 is 0 Å². The smallest absolute Gasteiger partial charge is 0.175 e. The molecule has 4 nitrogen and oxygen atoms in total. The Hall–Kier alpha value is -1.56. The van der Waals surface area contributed by atoms with Gasteiger partial charge in [0.05, 0.1) is 10.5 Å². The van der Waals surface area contributed by atoms with Gasteiger partial charge in [0.25, 0.3) is 0 Å². The summed E-state index contributed by atoms with van der Waals surface area (Å²) >= 11 is 5.91. The van der Waals surface area contributed by atoms with E-state index in [0.717, 1.165) is 11.3 Å². The molecule has 1 N–H and O–H groups in total. The molecule has 128 valence electrons. The van der Waals surface area contributed by atoms with Crippen LogP contribution in [-0.2, 0) is 15.4 Å². The van der Waals surface area contributed by atoms with Gasteiger partial charge in [0.2, 0.25) is 0 Å². The van der Waals surface area contributed by atoms with Gasteiger partial charge in [-0.25, -0.2) is 8.42 Å². The van der Waals surface area contributed by atoms with Crippen LogP contribution >= 0.6 is 11.6 Å². The number of hydrogen-bond acceptors (Lipinski definition) is 4. The maximum Gasteiger partial charge on any atom is 0.175 e. The Morgan fingerprint density at radius 3 is 2.04 bits per heavy atom. The van der Waals surface area contributed by atoms with Gasteiger partial charge in [-0.15, -0.1) is 0 Å². The number of nitrogens with zero attached hydrogens (tertiary/aromatic N) is 1. The first-order chi connectivity index (χ1) is 11.3. The Kier molecular flexibility index (Phi) is 4.60. The summed E-state index contributed by atoms with van der Waals surface area (Å²) in [5.74, 6) is 0. The summed E-state index contributed by atoms with van der Waals surface area (Å²) in [7, 11) is -3.18. The van der Waals surface area contributed by atoms with Crippen LogP contribution in [0.3, 0.4) is 0 Å². The van der Waals surface area contributed by atoms with Crippen LogP contribution in [0.25, 0.3) is 0 Å². The molecule has 0 aliphatic carbocycles. The molecular weight excluding hydrogens is 346 g/mol. The monoisotopic (exact) mass is 365 g/mol. The summed E-state index contributed by atoms with van der Waals surface area (Å²) in [6.45, 7) is 1.41. The summed E-state index contributed by atoms with van der Waals surface area (Å²) in [5.41, 5.74) is 1.02. The van der Waals surface area contributed by atoms with Gasteiger partial charge in [0.15, 0.2) is 9.84 Å². The molecule has 0 aromatic heterocycles. The fraction of sp³-hybridized carbons (Fsp3) is 0.333. The number of benzene rings is 2. The van der Waals surface area contributed by atoms with Crippen molar-refractivity contribution in [3.8, 4) is 0 Å². The highest BCUT2D eigenvalue weighted by atomic mass is 35.5. The molecule has 1 heterocycles. The minimum atomic E-state index is -3.18. The fourth-order valence-corrected chi connectivity index (χ4v) is 3.84. The second-order valence-corrected chi connectivity index (χ2v) is 8.74. The Labute approximate surface area is 147 Å². The third kappa shape index (κ3) is 3.58. The second-order valence-electron chi connectivity index (χ2n) is 6.29. The highest BCUT2D eigenvalue weighted by Gasteiger charge is 2.34. The Balaban J connectivity index is 1.71. The van der Waals surface area contributed by atoms with Crippen molar-refractivity contribution >= 4 is 27.1 Å². The Bertz CT molecular complexity index is 808. The molecule has 1 fully saturated rings. The summed E-state index contributed by atoms with van der Waals surface area (Å²) in [5, 5.41) is 11.6. The molecule has 0 unspecified atom stereocenters. The molecule has 0 spiro atoms. The summed E-state index contributed by atoms with van der Waals surface area (Å²) in [6, 6.07) is 14.2. The highest BCUT2D eigenvalue weighted by molar-refractivity contribution is 7.90. The minimum Gasteiger partial charge on any atom is -0.385 e. The van der Waals surface area contributed by atoms with E-state index in [0.29, 0.717) is 35.8 Å². The molecule has 3 rings (SSSR count). The molecule has 2 aromatic rings. The number of piperidine rings is 1. The van der Waals surface area contributed by atoms with E-state index in [-0.39, 0.29) is 0 Å². The highest BCUT2D eigenvalue weighted by Crippen LogP contribution is 2.35. The maximum absolute atomic E-state index is 11.5. The first kappa shape index (κ1) is 17.3. The van der Waals surface area contributed by atoms with Gasteiger partial charge in [-0.2, -0.15) is 0 Å². The molecule has 0 radical (unpaired) electrons. The quantitative estimate of drug-likeness (QED) is 0.907. The van der Waals surface area contributed by atoms with Gasteiger partial charge in [-0.05, 0) is 54.8 Å².